The first kappa shape index (κ1) is 17.4. The van der Waals surface area contributed by atoms with Crippen molar-refractivity contribution in [1.82, 2.24) is 4.72 Å². The second kappa shape index (κ2) is 6.85. The minimum Gasteiger partial charge on any atom is -0.493 e. The number of rotatable bonds is 5. The normalized spacial score (nSPS) is 13.4. The fourth-order valence-electron chi connectivity index (χ4n) is 2.63. The number of amides is 1. The molecule has 7 heteroatoms. The van der Waals surface area contributed by atoms with Gasteiger partial charge in [-0.15, -0.1) is 0 Å². The van der Waals surface area contributed by atoms with Gasteiger partial charge in [0.25, 0.3) is 5.91 Å². The first-order chi connectivity index (χ1) is 11.8. The van der Waals surface area contributed by atoms with Crippen molar-refractivity contribution < 1.29 is 17.9 Å². The molecule has 0 unspecified atom stereocenters. The SMILES string of the molecule is CC(C)NS(=O)(=O)c1ccc(C(=O)Nc2ccc3c(c2)CCO3)cc1. The van der Waals surface area contributed by atoms with Crippen molar-refractivity contribution in [2.75, 3.05) is 11.9 Å². The Morgan fingerprint density at radius 3 is 2.52 bits per heavy atom. The Morgan fingerprint density at radius 1 is 1.12 bits per heavy atom. The summed E-state index contributed by atoms with van der Waals surface area (Å²) in [5.41, 5.74) is 2.15. The van der Waals surface area contributed by atoms with E-state index in [0.717, 1.165) is 17.7 Å². The Bertz CT molecular complexity index is 890. The minimum absolute atomic E-state index is 0.132. The molecule has 25 heavy (non-hydrogen) atoms. The summed E-state index contributed by atoms with van der Waals surface area (Å²) in [6, 6.07) is 11.2. The van der Waals surface area contributed by atoms with Gasteiger partial charge < -0.3 is 10.1 Å². The van der Waals surface area contributed by atoms with Crippen LogP contribution in [0, 0.1) is 0 Å². The first-order valence-corrected chi connectivity index (χ1v) is 9.53. The number of hydrogen-bond acceptors (Lipinski definition) is 4. The fourth-order valence-corrected chi connectivity index (χ4v) is 3.88. The summed E-state index contributed by atoms with van der Waals surface area (Å²) in [6.45, 7) is 4.16. The van der Waals surface area contributed by atoms with E-state index in [0.29, 0.717) is 17.9 Å². The third-order valence-corrected chi connectivity index (χ3v) is 5.44. The molecule has 1 aliphatic rings. The van der Waals surface area contributed by atoms with Crippen LogP contribution in [0.4, 0.5) is 5.69 Å². The summed E-state index contributed by atoms with van der Waals surface area (Å²) in [5.74, 6) is 0.560. The number of ether oxygens (including phenoxy) is 1. The van der Waals surface area contributed by atoms with Gasteiger partial charge in [-0.05, 0) is 61.9 Å². The summed E-state index contributed by atoms with van der Waals surface area (Å²) in [6.07, 6.45) is 0.828. The van der Waals surface area contributed by atoms with Crippen LogP contribution in [0.15, 0.2) is 47.4 Å². The molecule has 2 aromatic carbocycles. The number of nitrogens with one attached hydrogen (secondary N) is 2. The molecule has 3 rings (SSSR count). The highest BCUT2D eigenvalue weighted by Crippen LogP contribution is 2.28. The van der Waals surface area contributed by atoms with E-state index in [4.69, 9.17) is 4.74 Å². The zero-order valence-corrected chi connectivity index (χ0v) is 14.9. The molecular formula is C18H20N2O4S. The molecule has 0 spiro atoms. The lowest BCUT2D eigenvalue weighted by Crippen LogP contribution is -2.30. The van der Waals surface area contributed by atoms with Gasteiger partial charge in [-0.3, -0.25) is 4.79 Å². The second-order valence-corrected chi connectivity index (χ2v) is 7.89. The van der Waals surface area contributed by atoms with Crippen molar-refractivity contribution >= 4 is 21.6 Å². The van der Waals surface area contributed by atoms with Gasteiger partial charge in [0.05, 0.1) is 11.5 Å². The maximum Gasteiger partial charge on any atom is 0.255 e. The third kappa shape index (κ3) is 4.00. The molecule has 2 aromatic rings. The molecule has 1 heterocycles. The zero-order valence-electron chi connectivity index (χ0n) is 14.1. The van der Waals surface area contributed by atoms with Crippen molar-refractivity contribution in [3.05, 3.63) is 53.6 Å². The number of carbonyl (C=O) groups excluding carboxylic acids is 1. The second-order valence-electron chi connectivity index (χ2n) is 6.18. The smallest absolute Gasteiger partial charge is 0.255 e. The van der Waals surface area contributed by atoms with E-state index >= 15 is 0 Å². The van der Waals surface area contributed by atoms with Crippen LogP contribution < -0.4 is 14.8 Å². The van der Waals surface area contributed by atoms with E-state index in [-0.39, 0.29) is 16.8 Å². The van der Waals surface area contributed by atoms with Crippen LogP contribution in [0.1, 0.15) is 29.8 Å². The summed E-state index contributed by atoms with van der Waals surface area (Å²) >= 11 is 0. The van der Waals surface area contributed by atoms with Crippen LogP contribution in [0.2, 0.25) is 0 Å². The highest BCUT2D eigenvalue weighted by molar-refractivity contribution is 7.89. The molecule has 132 valence electrons. The molecule has 1 aliphatic heterocycles. The molecule has 0 aromatic heterocycles. The molecule has 6 nitrogen and oxygen atoms in total. The van der Waals surface area contributed by atoms with Crippen molar-refractivity contribution in [2.24, 2.45) is 0 Å². The number of hydrogen-bond donors (Lipinski definition) is 2. The Kier molecular flexibility index (Phi) is 4.78. The van der Waals surface area contributed by atoms with E-state index in [2.05, 4.69) is 10.0 Å². The average Bonchev–Trinajstić information content (AvgIpc) is 3.01. The van der Waals surface area contributed by atoms with Crippen LogP contribution >= 0.6 is 0 Å². The quantitative estimate of drug-likeness (QED) is 0.858. The van der Waals surface area contributed by atoms with Gasteiger partial charge >= 0.3 is 0 Å². The molecule has 1 amide bonds. The highest BCUT2D eigenvalue weighted by Gasteiger charge is 2.17. The van der Waals surface area contributed by atoms with Crippen molar-refractivity contribution in [1.29, 1.82) is 0 Å². The van der Waals surface area contributed by atoms with E-state index in [1.807, 2.05) is 12.1 Å². The minimum atomic E-state index is -3.56. The molecule has 0 atom stereocenters. The molecule has 0 aliphatic carbocycles. The van der Waals surface area contributed by atoms with Crippen molar-refractivity contribution in [3.8, 4) is 5.75 Å². The van der Waals surface area contributed by atoms with Crippen LogP contribution in [0.3, 0.4) is 0 Å². The number of anilines is 1. The van der Waals surface area contributed by atoms with Crippen molar-refractivity contribution in [2.45, 2.75) is 31.2 Å². The molecular weight excluding hydrogens is 340 g/mol. The van der Waals surface area contributed by atoms with E-state index < -0.39 is 10.0 Å². The Labute approximate surface area is 147 Å². The fraction of sp³-hybridized carbons (Fsp3) is 0.278. The number of fused-ring (bicyclic) bond motifs is 1. The summed E-state index contributed by atoms with van der Waals surface area (Å²) in [7, 11) is -3.56. The maximum atomic E-state index is 12.3. The van der Waals surface area contributed by atoms with Crippen LogP contribution in [-0.4, -0.2) is 27.0 Å². The lowest BCUT2D eigenvalue weighted by Gasteiger charge is -2.10. The first-order valence-electron chi connectivity index (χ1n) is 8.04. The molecule has 0 radical (unpaired) electrons. The topological polar surface area (TPSA) is 84.5 Å². The number of sulfonamides is 1. The summed E-state index contributed by atoms with van der Waals surface area (Å²) in [4.78, 5) is 12.5. The van der Waals surface area contributed by atoms with Crippen LogP contribution in [0.25, 0.3) is 0 Å². The van der Waals surface area contributed by atoms with Gasteiger partial charge in [0.1, 0.15) is 5.75 Å². The maximum absolute atomic E-state index is 12.3. The Morgan fingerprint density at radius 2 is 1.84 bits per heavy atom. The molecule has 0 saturated heterocycles. The monoisotopic (exact) mass is 360 g/mol. The van der Waals surface area contributed by atoms with E-state index in [1.165, 1.54) is 24.3 Å². The van der Waals surface area contributed by atoms with Gasteiger partial charge in [0.15, 0.2) is 0 Å². The number of carbonyl (C=O) groups is 1. The van der Waals surface area contributed by atoms with E-state index in [1.54, 1.807) is 19.9 Å². The van der Waals surface area contributed by atoms with E-state index in [9.17, 15) is 13.2 Å². The zero-order chi connectivity index (χ0) is 18.0. The van der Waals surface area contributed by atoms with Gasteiger partial charge in [-0.1, -0.05) is 0 Å². The largest absolute Gasteiger partial charge is 0.493 e. The van der Waals surface area contributed by atoms with Crippen LogP contribution in [-0.2, 0) is 16.4 Å². The van der Waals surface area contributed by atoms with Gasteiger partial charge in [0.2, 0.25) is 10.0 Å². The average molecular weight is 360 g/mol. The predicted molar refractivity (Wildman–Crippen MR) is 95.5 cm³/mol. The predicted octanol–water partition coefficient (Wildman–Crippen LogP) is 2.56. The highest BCUT2D eigenvalue weighted by atomic mass is 32.2. The Hall–Kier alpha value is -2.38. The summed E-state index contributed by atoms with van der Waals surface area (Å²) in [5, 5.41) is 2.82. The van der Waals surface area contributed by atoms with Gasteiger partial charge in [-0.2, -0.15) is 0 Å². The molecule has 0 fully saturated rings. The third-order valence-electron chi connectivity index (χ3n) is 3.76. The van der Waals surface area contributed by atoms with Gasteiger partial charge in [0, 0.05) is 23.7 Å². The van der Waals surface area contributed by atoms with Crippen molar-refractivity contribution in [3.63, 3.8) is 0 Å². The summed E-state index contributed by atoms with van der Waals surface area (Å²) < 4.78 is 32.1. The van der Waals surface area contributed by atoms with Gasteiger partial charge in [-0.25, -0.2) is 13.1 Å². The molecule has 2 N–H and O–H groups in total. The molecule has 0 saturated carbocycles. The lowest BCUT2D eigenvalue weighted by molar-refractivity contribution is 0.102. The lowest BCUT2D eigenvalue weighted by atomic mass is 10.1. The molecule has 0 bridgehead atoms. The Balaban J connectivity index is 1.73. The van der Waals surface area contributed by atoms with Crippen LogP contribution in [0.5, 0.6) is 5.75 Å². The standard InChI is InChI=1S/C18H20N2O4S/c1-12(2)20-25(22,23)16-6-3-13(4-7-16)18(21)19-15-5-8-17-14(11-15)9-10-24-17/h3-8,11-12,20H,9-10H2,1-2H3,(H,19,21). The number of benzene rings is 2.